The van der Waals surface area contributed by atoms with Crippen LogP contribution >= 0.6 is 0 Å². The van der Waals surface area contributed by atoms with Crippen molar-refractivity contribution in [2.75, 3.05) is 30.9 Å². The zero-order chi connectivity index (χ0) is 10.7. The van der Waals surface area contributed by atoms with Crippen molar-refractivity contribution in [2.24, 2.45) is 0 Å². The van der Waals surface area contributed by atoms with Crippen LogP contribution in [0.15, 0.2) is 12.5 Å². The highest BCUT2D eigenvalue weighted by atomic mass is 16.5. The van der Waals surface area contributed by atoms with Crippen molar-refractivity contribution in [1.82, 2.24) is 9.97 Å². The van der Waals surface area contributed by atoms with Gasteiger partial charge in [0.05, 0.1) is 11.9 Å². The van der Waals surface area contributed by atoms with Crippen LogP contribution < -0.4 is 10.6 Å². The van der Waals surface area contributed by atoms with E-state index in [-0.39, 0.29) is 0 Å². The molecule has 0 radical (unpaired) electrons. The standard InChI is InChI=1S/C10H16N4O/c1-14(8-2-4-15-5-3-8)10-9(11)6-12-7-13-10/h6-8H,2-5,11H2,1H3. The second-order valence-corrected chi connectivity index (χ2v) is 3.76. The molecule has 2 rings (SSSR count). The van der Waals surface area contributed by atoms with E-state index >= 15 is 0 Å². The number of aromatic nitrogens is 2. The third kappa shape index (κ3) is 2.18. The van der Waals surface area contributed by atoms with Crippen LogP contribution in [-0.4, -0.2) is 36.3 Å². The number of nitrogens with zero attached hydrogens (tertiary/aromatic N) is 3. The number of ether oxygens (including phenoxy) is 1. The fourth-order valence-electron chi connectivity index (χ4n) is 1.87. The Morgan fingerprint density at radius 1 is 1.47 bits per heavy atom. The molecule has 0 saturated carbocycles. The van der Waals surface area contributed by atoms with Crippen molar-refractivity contribution in [3.63, 3.8) is 0 Å². The molecule has 1 aliphatic heterocycles. The summed E-state index contributed by atoms with van der Waals surface area (Å²) in [5.41, 5.74) is 6.46. The molecular weight excluding hydrogens is 192 g/mol. The summed E-state index contributed by atoms with van der Waals surface area (Å²) in [4.78, 5) is 10.2. The van der Waals surface area contributed by atoms with Crippen molar-refractivity contribution in [2.45, 2.75) is 18.9 Å². The van der Waals surface area contributed by atoms with Gasteiger partial charge in [-0.2, -0.15) is 0 Å². The first kappa shape index (κ1) is 10.2. The molecule has 0 aliphatic carbocycles. The number of nitrogens with two attached hydrogens (primary N) is 1. The first-order chi connectivity index (χ1) is 7.29. The molecule has 0 aromatic carbocycles. The first-order valence-electron chi connectivity index (χ1n) is 5.15. The topological polar surface area (TPSA) is 64.3 Å². The first-order valence-corrected chi connectivity index (χ1v) is 5.15. The summed E-state index contributed by atoms with van der Waals surface area (Å²) in [5.74, 6) is 0.817. The Bertz CT molecular complexity index is 325. The molecule has 1 aromatic heterocycles. The Morgan fingerprint density at radius 3 is 2.87 bits per heavy atom. The van der Waals surface area contributed by atoms with E-state index in [4.69, 9.17) is 10.5 Å². The number of hydrogen-bond donors (Lipinski definition) is 1. The molecular formula is C10H16N4O. The molecule has 0 atom stereocenters. The number of nitrogen functional groups attached to an aromatic ring is 1. The Balaban J connectivity index is 2.12. The van der Waals surface area contributed by atoms with Gasteiger partial charge in [-0.1, -0.05) is 0 Å². The molecule has 5 heteroatoms. The largest absolute Gasteiger partial charge is 0.394 e. The third-order valence-electron chi connectivity index (χ3n) is 2.79. The quantitative estimate of drug-likeness (QED) is 0.774. The summed E-state index contributed by atoms with van der Waals surface area (Å²) >= 11 is 0. The van der Waals surface area contributed by atoms with Crippen LogP contribution in [0.3, 0.4) is 0 Å². The van der Waals surface area contributed by atoms with Crippen LogP contribution in [0.1, 0.15) is 12.8 Å². The maximum atomic E-state index is 5.83. The average Bonchev–Trinajstić information content (AvgIpc) is 2.30. The van der Waals surface area contributed by atoms with Crippen molar-refractivity contribution in [1.29, 1.82) is 0 Å². The van der Waals surface area contributed by atoms with Crippen molar-refractivity contribution < 1.29 is 4.74 Å². The second-order valence-electron chi connectivity index (χ2n) is 3.76. The zero-order valence-corrected chi connectivity index (χ0v) is 8.89. The van der Waals surface area contributed by atoms with E-state index in [1.807, 2.05) is 7.05 Å². The van der Waals surface area contributed by atoms with Crippen LogP contribution in [-0.2, 0) is 4.74 Å². The predicted molar refractivity (Wildman–Crippen MR) is 58.7 cm³/mol. The molecule has 1 fully saturated rings. The SMILES string of the molecule is CN(c1ncncc1N)C1CCOCC1. The molecule has 15 heavy (non-hydrogen) atoms. The third-order valence-corrected chi connectivity index (χ3v) is 2.79. The predicted octanol–water partition coefficient (Wildman–Crippen LogP) is 0.674. The maximum Gasteiger partial charge on any atom is 0.155 e. The lowest BCUT2D eigenvalue weighted by molar-refractivity contribution is 0.0854. The monoisotopic (exact) mass is 208 g/mol. The fourth-order valence-corrected chi connectivity index (χ4v) is 1.87. The average molecular weight is 208 g/mol. The molecule has 1 aliphatic rings. The summed E-state index contributed by atoms with van der Waals surface area (Å²) in [6, 6.07) is 0.468. The minimum Gasteiger partial charge on any atom is -0.394 e. The van der Waals surface area contributed by atoms with Gasteiger partial charge < -0.3 is 15.4 Å². The molecule has 0 amide bonds. The van der Waals surface area contributed by atoms with E-state index < -0.39 is 0 Å². The highest BCUT2D eigenvalue weighted by Gasteiger charge is 2.20. The summed E-state index contributed by atoms with van der Waals surface area (Å²) in [6.45, 7) is 1.64. The van der Waals surface area contributed by atoms with Gasteiger partial charge in [0.15, 0.2) is 5.82 Å². The van der Waals surface area contributed by atoms with Crippen LogP contribution in [0, 0.1) is 0 Å². The van der Waals surface area contributed by atoms with E-state index in [2.05, 4.69) is 14.9 Å². The van der Waals surface area contributed by atoms with Gasteiger partial charge in [-0.15, -0.1) is 0 Å². The highest BCUT2D eigenvalue weighted by molar-refractivity contribution is 5.60. The lowest BCUT2D eigenvalue weighted by Gasteiger charge is -2.32. The van der Waals surface area contributed by atoms with Gasteiger partial charge in [-0.05, 0) is 12.8 Å². The molecule has 0 unspecified atom stereocenters. The zero-order valence-electron chi connectivity index (χ0n) is 8.89. The molecule has 2 N–H and O–H groups in total. The minimum atomic E-state index is 0.468. The lowest BCUT2D eigenvalue weighted by atomic mass is 10.1. The highest BCUT2D eigenvalue weighted by Crippen LogP contribution is 2.23. The van der Waals surface area contributed by atoms with Gasteiger partial charge in [-0.3, -0.25) is 0 Å². The molecule has 2 heterocycles. The minimum absolute atomic E-state index is 0.468. The smallest absolute Gasteiger partial charge is 0.155 e. The fraction of sp³-hybridized carbons (Fsp3) is 0.600. The molecule has 82 valence electrons. The van der Waals surface area contributed by atoms with E-state index in [1.54, 1.807) is 6.20 Å². The van der Waals surface area contributed by atoms with E-state index in [0.29, 0.717) is 11.7 Å². The van der Waals surface area contributed by atoms with Gasteiger partial charge >= 0.3 is 0 Å². The Morgan fingerprint density at radius 2 is 2.20 bits per heavy atom. The molecule has 0 spiro atoms. The van der Waals surface area contributed by atoms with Crippen molar-refractivity contribution in [3.8, 4) is 0 Å². The summed E-state index contributed by atoms with van der Waals surface area (Å²) in [5, 5.41) is 0. The van der Waals surface area contributed by atoms with Crippen LogP contribution in [0.4, 0.5) is 11.5 Å². The Hall–Kier alpha value is -1.36. The summed E-state index contributed by atoms with van der Waals surface area (Å²) in [6.07, 6.45) is 5.22. The van der Waals surface area contributed by atoms with E-state index in [0.717, 1.165) is 31.9 Å². The molecule has 0 bridgehead atoms. The maximum absolute atomic E-state index is 5.83. The normalized spacial score (nSPS) is 17.7. The van der Waals surface area contributed by atoms with Gasteiger partial charge in [0.2, 0.25) is 0 Å². The Labute approximate surface area is 89.3 Å². The summed E-state index contributed by atoms with van der Waals surface area (Å²) < 4.78 is 5.33. The second kappa shape index (κ2) is 4.44. The van der Waals surface area contributed by atoms with Crippen LogP contribution in [0.5, 0.6) is 0 Å². The van der Waals surface area contributed by atoms with Gasteiger partial charge in [-0.25, -0.2) is 9.97 Å². The van der Waals surface area contributed by atoms with Gasteiger partial charge in [0.1, 0.15) is 6.33 Å². The van der Waals surface area contributed by atoms with E-state index in [1.165, 1.54) is 6.33 Å². The number of hydrogen-bond acceptors (Lipinski definition) is 5. The summed E-state index contributed by atoms with van der Waals surface area (Å²) in [7, 11) is 2.02. The van der Waals surface area contributed by atoms with Crippen LogP contribution in [0.2, 0.25) is 0 Å². The van der Waals surface area contributed by atoms with E-state index in [9.17, 15) is 0 Å². The molecule has 1 aromatic rings. The van der Waals surface area contributed by atoms with Gasteiger partial charge in [0, 0.05) is 26.3 Å². The molecule has 5 nitrogen and oxygen atoms in total. The lowest BCUT2D eigenvalue weighted by Crippen LogP contribution is -2.37. The Kier molecular flexibility index (Phi) is 3.01. The van der Waals surface area contributed by atoms with Gasteiger partial charge in [0.25, 0.3) is 0 Å². The van der Waals surface area contributed by atoms with Crippen molar-refractivity contribution >= 4 is 11.5 Å². The van der Waals surface area contributed by atoms with Crippen molar-refractivity contribution in [3.05, 3.63) is 12.5 Å². The molecule has 1 saturated heterocycles. The van der Waals surface area contributed by atoms with Crippen LogP contribution in [0.25, 0.3) is 0 Å². The number of rotatable bonds is 2. The number of anilines is 2.